The summed E-state index contributed by atoms with van der Waals surface area (Å²) in [6, 6.07) is 9.90. The van der Waals surface area contributed by atoms with E-state index in [1.165, 1.54) is 23.8 Å². The van der Waals surface area contributed by atoms with E-state index in [1.807, 2.05) is 24.4 Å². The Morgan fingerprint density at radius 3 is 2.55 bits per heavy atom. The van der Waals surface area contributed by atoms with Crippen molar-refractivity contribution in [3.8, 4) is 0 Å². The zero-order chi connectivity index (χ0) is 20.8. The molecule has 0 atom stereocenters. The van der Waals surface area contributed by atoms with E-state index in [0.29, 0.717) is 11.5 Å². The van der Waals surface area contributed by atoms with Gasteiger partial charge in [-0.2, -0.15) is 0 Å². The van der Waals surface area contributed by atoms with Gasteiger partial charge in [-0.15, -0.1) is 0 Å². The van der Waals surface area contributed by atoms with Crippen molar-refractivity contribution in [3.05, 3.63) is 69.0 Å². The van der Waals surface area contributed by atoms with Crippen molar-refractivity contribution in [1.82, 2.24) is 9.88 Å². The maximum Gasteiger partial charge on any atom is 0.337 e. The average molecular weight is 457 g/mol. The Bertz CT molecular complexity index is 869. The number of halogens is 1. The number of esters is 1. The molecule has 1 aliphatic heterocycles. The summed E-state index contributed by atoms with van der Waals surface area (Å²) >= 11 is 3.67. The first-order valence-electron chi connectivity index (χ1n) is 10.2. The molecule has 0 spiro atoms. The van der Waals surface area contributed by atoms with Gasteiger partial charge in [0.15, 0.2) is 0 Å². The number of pyridine rings is 1. The maximum atomic E-state index is 11.6. The van der Waals surface area contributed by atoms with Crippen LogP contribution >= 0.6 is 15.9 Å². The van der Waals surface area contributed by atoms with Crippen molar-refractivity contribution in [2.24, 2.45) is 0 Å². The number of carbonyl (C=O) groups excluding carboxylic acids is 1. The van der Waals surface area contributed by atoms with Crippen LogP contribution in [0.1, 0.15) is 59.8 Å². The molecule has 1 aromatic heterocycles. The second kappa shape index (κ2) is 10.2. The van der Waals surface area contributed by atoms with Gasteiger partial charge in [-0.1, -0.05) is 46.6 Å². The Morgan fingerprint density at radius 1 is 1.24 bits per heavy atom. The minimum atomic E-state index is -0.278. The Labute approximate surface area is 182 Å². The Morgan fingerprint density at radius 2 is 1.93 bits per heavy atom. The fraction of sp³-hybridized carbons (Fsp3) is 0.417. The van der Waals surface area contributed by atoms with Gasteiger partial charge < -0.3 is 4.74 Å². The molecule has 0 bridgehead atoms. The fourth-order valence-corrected chi connectivity index (χ4v) is 4.46. The Kier molecular flexibility index (Phi) is 7.62. The van der Waals surface area contributed by atoms with E-state index in [4.69, 9.17) is 4.74 Å². The van der Waals surface area contributed by atoms with Crippen LogP contribution < -0.4 is 0 Å². The Balaban J connectivity index is 1.58. The highest BCUT2D eigenvalue weighted by Gasteiger charge is 2.21. The summed E-state index contributed by atoms with van der Waals surface area (Å²) < 4.78 is 5.89. The van der Waals surface area contributed by atoms with Crippen LogP contribution in [0.5, 0.6) is 0 Å². The predicted molar refractivity (Wildman–Crippen MR) is 121 cm³/mol. The standard InChI is InChI=1S/C24H29BrN2O2/c1-4-23-21(22(25)9-12-26-23)15-17(2)16-27-13-10-19(11-14-27)18-5-7-20(8-6-18)24(28)29-3/h5-9,12,15,19H,4,10-11,13-14,16H2,1-3H3/b17-15+. The number of rotatable bonds is 6. The molecule has 0 radical (unpaired) electrons. The molecular formula is C24H29BrN2O2. The van der Waals surface area contributed by atoms with Gasteiger partial charge in [-0.05, 0) is 69.0 Å². The van der Waals surface area contributed by atoms with E-state index in [-0.39, 0.29) is 5.97 Å². The number of piperidine rings is 1. The number of nitrogens with zero attached hydrogens (tertiary/aromatic N) is 2. The van der Waals surface area contributed by atoms with Gasteiger partial charge in [0.05, 0.1) is 12.7 Å². The van der Waals surface area contributed by atoms with E-state index in [2.05, 4.69) is 57.9 Å². The molecule has 29 heavy (non-hydrogen) atoms. The van der Waals surface area contributed by atoms with Crippen LogP contribution in [0.3, 0.4) is 0 Å². The summed E-state index contributed by atoms with van der Waals surface area (Å²) in [6.07, 6.45) is 7.34. The monoisotopic (exact) mass is 456 g/mol. The van der Waals surface area contributed by atoms with Crippen LogP contribution in [0, 0.1) is 0 Å². The molecule has 0 aliphatic carbocycles. The summed E-state index contributed by atoms with van der Waals surface area (Å²) in [5.41, 5.74) is 5.62. The second-order valence-electron chi connectivity index (χ2n) is 7.66. The Hall–Kier alpha value is -1.98. The molecule has 1 aliphatic rings. The lowest BCUT2D eigenvalue weighted by atomic mass is 9.89. The third-order valence-corrected chi connectivity index (χ3v) is 6.30. The molecule has 4 nitrogen and oxygen atoms in total. The van der Waals surface area contributed by atoms with E-state index in [0.717, 1.165) is 49.1 Å². The molecule has 1 aromatic carbocycles. The summed E-state index contributed by atoms with van der Waals surface area (Å²) in [4.78, 5) is 18.6. The first kappa shape index (κ1) is 21.7. The number of benzene rings is 1. The minimum absolute atomic E-state index is 0.278. The molecule has 0 N–H and O–H groups in total. The van der Waals surface area contributed by atoms with Crippen molar-refractivity contribution in [1.29, 1.82) is 0 Å². The zero-order valence-electron chi connectivity index (χ0n) is 17.5. The molecule has 3 rings (SSSR count). The van der Waals surface area contributed by atoms with Gasteiger partial charge in [0.2, 0.25) is 0 Å². The van der Waals surface area contributed by atoms with E-state index >= 15 is 0 Å². The van der Waals surface area contributed by atoms with Gasteiger partial charge in [0, 0.05) is 28.5 Å². The number of ether oxygens (including phenoxy) is 1. The highest BCUT2D eigenvalue weighted by molar-refractivity contribution is 9.10. The van der Waals surface area contributed by atoms with Gasteiger partial charge >= 0.3 is 5.97 Å². The number of hydrogen-bond acceptors (Lipinski definition) is 4. The lowest BCUT2D eigenvalue weighted by Gasteiger charge is -2.32. The van der Waals surface area contributed by atoms with Gasteiger partial charge in [0.1, 0.15) is 0 Å². The molecule has 1 fully saturated rings. The maximum absolute atomic E-state index is 11.6. The number of carbonyl (C=O) groups is 1. The molecule has 1 saturated heterocycles. The normalized spacial score (nSPS) is 16.1. The van der Waals surface area contributed by atoms with Crippen LogP contribution in [-0.2, 0) is 11.2 Å². The first-order valence-corrected chi connectivity index (χ1v) is 11.0. The molecule has 2 heterocycles. The molecule has 0 amide bonds. The third-order valence-electron chi connectivity index (χ3n) is 5.61. The number of likely N-dealkylation sites (tertiary alicyclic amines) is 1. The van der Waals surface area contributed by atoms with Crippen molar-refractivity contribution in [2.75, 3.05) is 26.7 Å². The quantitative estimate of drug-likeness (QED) is 0.539. The number of aryl methyl sites for hydroxylation is 1. The molecular weight excluding hydrogens is 428 g/mol. The smallest absolute Gasteiger partial charge is 0.337 e. The van der Waals surface area contributed by atoms with Crippen molar-refractivity contribution in [2.45, 2.75) is 39.0 Å². The highest BCUT2D eigenvalue weighted by Crippen LogP contribution is 2.29. The lowest BCUT2D eigenvalue weighted by molar-refractivity contribution is 0.0600. The van der Waals surface area contributed by atoms with Crippen LogP contribution in [0.25, 0.3) is 6.08 Å². The van der Waals surface area contributed by atoms with Crippen molar-refractivity contribution < 1.29 is 9.53 Å². The third kappa shape index (κ3) is 5.55. The number of aromatic nitrogens is 1. The van der Waals surface area contributed by atoms with Crippen LogP contribution in [0.2, 0.25) is 0 Å². The molecule has 154 valence electrons. The van der Waals surface area contributed by atoms with Gasteiger partial charge in [-0.25, -0.2) is 4.79 Å². The van der Waals surface area contributed by atoms with Crippen molar-refractivity contribution in [3.63, 3.8) is 0 Å². The molecule has 0 unspecified atom stereocenters. The van der Waals surface area contributed by atoms with Crippen LogP contribution in [0.4, 0.5) is 0 Å². The van der Waals surface area contributed by atoms with Crippen LogP contribution in [-0.4, -0.2) is 42.6 Å². The van der Waals surface area contributed by atoms with Gasteiger partial charge in [0.25, 0.3) is 0 Å². The van der Waals surface area contributed by atoms with E-state index in [1.54, 1.807) is 0 Å². The number of methoxy groups -OCH3 is 1. The fourth-order valence-electron chi connectivity index (χ4n) is 4.00. The topological polar surface area (TPSA) is 42.4 Å². The van der Waals surface area contributed by atoms with Gasteiger partial charge in [-0.3, -0.25) is 9.88 Å². The largest absolute Gasteiger partial charge is 0.465 e. The van der Waals surface area contributed by atoms with E-state index in [9.17, 15) is 4.79 Å². The SMILES string of the molecule is CCc1nccc(Br)c1/C=C(\C)CN1CCC(c2ccc(C(=O)OC)cc2)CC1. The molecule has 5 heteroatoms. The zero-order valence-corrected chi connectivity index (χ0v) is 19.0. The highest BCUT2D eigenvalue weighted by atomic mass is 79.9. The minimum Gasteiger partial charge on any atom is -0.465 e. The average Bonchev–Trinajstić information content (AvgIpc) is 2.75. The van der Waals surface area contributed by atoms with Crippen molar-refractivity contribution >= 4 is 28.0 Å². The summed E-state index contributed by atoms with van der Waals surface area (Å²) in [7, 11) is 1.42. The predicted octanol–water partition coefficient (Wildman–Crippen LogP) is 5.48. The van der Waals surface area contributed by atoms with Crippen LogP contribution in [0.15, 0.2) is 46.6 Å². The summed E-state index contributed by atoms with van der Waals surface area (Å²) in [6.45, 7) is 7.51. The van der Waals surface area contributed by atoms with E-state index < -0.39 is 0 Å². The number of hydrogen-bond donors (Lipinski definition) is 0. The first-order chi connectivity index (χ1) is 14.0. The summed E-state index contributed by atoms with van der Waals surface area (Å²) in [5.74, 6) is 0.279. The molecule has 2 aromatic rings. The molecule has 0 saturated carbocycles. The second-order valence-corrected chi connectivity index (χ2v) is 8.52. The lowest BCUT2D eigenvalue weighted by Crippen LogP contribution is -2.34. The summed E-state index contributed by atoms with van der Waals surface area (Å²) in [5, 5.41) is 0.